The molecule has 0 aliphatic heterocycles. The molecule has 0 spiro atoms. The summed E-state index contributed by atoms with van der Waals surface area (Å²) in [6, 6.07) is 8.13. The van der Waals surface area contributed by atoms with Crippen LogP contribution in [0.25, 0.3) is 11.5 Å². The third kappa shape index (κ3) is 5.59. The topological polar surface area (TPSA) is 68.0 Å². The van der Waals surface area contributed by atoms with Crippen LogP contribution >= 0.6 is 11.8 Å². The summed E-state index contributed by atoms with van der Waals surface area (Å²) < 4.78 is 5.70. The molecule has 0 saturated heterocycles. The molecule has 0 aliphatic carbocycles. The molecule has 1 unspecified atom stereocenters. The molecular formula is C19H27N3O2S. The molecule has 2 aromatic rings. The number of hydrogen-bond acceptors (Lipinski definition) is 5. The zero-order valence-corrected chi connectivity index (χ0v) is 16.6. The highest BCUT2D eigenvalue weighted by molar-refractivity contribution is 8.00. The van der Waals surface area contributed by atoms with Crippen LogP contribution in [0.4, 0.5) is 0 Å². The molecule has 0 saturated carbocycles. The van der Waals surface area contributed by atoms with E-state index in [9.17, 15) is 4.79 Å². The molecule has 0 bridgehead atoms. The predicted molar refractivity (Wildman–Crippen MR) is 102 cm³/mol. The highest BCUT2D eigenvalue weighted by atomic mass is 32.2. The molecule has 1 N–H and O–H groups in total. The zero-order valence-electron chi connectivity index (χ0n) is 15.8. The summed E-state index contributed by atoms with van der Waals surface area (Å²) in [5.74, 6) is 0.873. The zero-order chi connectivity index (χ0) is 18.6. The Labute approximate surface area is 154 Å². The Bertz CT molecular complexity index is 702. The maximum atomic E-state index is 12.0. The quantitative estimate of drug-likeness (QED) is 0.778. The lowest BCUT2D eigenvalue weighted by Crippen LogP contribution is -2.33. The van der Waals surface area contributed by atoms with E-state index >= 15 is 0 Å². The molecule has 1 aromatic heterocycles. The van der Waals surface area contributed by atoms with Gasteiger partial charge in [-0.05, 0) is 36.0 Å². The molecular weight excluding hydrogens is 334 g/mol. The van der Waals surface area contributed by atoms with Gasteiger partial charge in [-0.25, -0.2) is 0 Å². The minimum Gasteiger partial charge on any atom is -0.411 e. The second kappa shape index (κ2) is 8.04. The fourth-order valence-corrected chi connectivity index (χ4v) is 2.85. The molecule has 136 valence electrons. The van der Waals surface area contributed by atoms with E-state index in [1.165, 1.54) is 17.3 Å². The van der Waals surface area contributed by atoms with E-state index in [1.807, 2.05) is 19.1 Å². The summed E-state index contributed by atoms with van der Waals surface area (Å²) in [4.78, 5) is 12.0. The lowest BCUT2D eigenvalue weighted by molar-refractivity contribution is -0.120. The van der Waals surface area contributed by atoms with Crippen molar-refractivity contribution < 1.29 is 9.21 Å². The third-order valence-electron chi connectivity index (χ3n) is 3.74. The Morgan fingerprint density at radius 1 is 1.16 bits per heavy atom. The third-order valence-corrected chi connectivity index (χ3v) is 4.67. The van der Waals surface area contributed by atoms with E-state index in [4.69, 9.17) is 4.42 Å². The van der Waals surface area contributed by atoms with Crippen molar-refractivity contribution in [1.82, 2.24) is 15.5 Å². The van der Waals surface area contributed by atoms with Gasteiger partial charge in [0.2, 0.25) is 11.8 Å². The van der Waals surface area contributed by atoms with Gasteiger partial charge in [0.1, 0.15) is 0 Å². The highest BCUT2D eigenvalue weighted by Gasteiger charge is 2.19. The molecule has 0 radical (unpaired) electrons. The first-order valence-electron chi connectivity index (χ1n) is 8.55. The SMILES string of the molecule is CC(C)CNC(=O)C(C)Sc1nnc(-c2ccc(C(C)(C)C)cc2)o1. The van der Waals surface area contributed by atoms with Crippen molar-refractivity contribution in [3.05, 3.63) is 29.8 Å². The van der Waals surface area contributed by atoms with Crippen LogP contribution in [0.15, 0.2) is 33.9 Å². The molecule has 1 atom stereocenters. The second-order valence-corrected chi connectivity index (χ2v) is 8.89. The smallest absolute Gasteiger partial charge is 0.277 e. The van der Waals surface area contributed by atoms with Crippen LogP contribution < -0.4 is 5.32 Å². The standard InChI is InChI=1S/C19H27N3O2S/c1-12(2)11-20-16(23)13(3)25-18-22-21-17(24-18)14-7-9-15(10-8-14)19(4,5)6/h7-10,12-13H,11H2,1-6H3,(H,20,23). The van der Waals surface area contributed by atoms with Crippen LogP contribution in [0.5, 0.6) is 0 Å². The van der Waals surface area contributed by atoms with Crippen molar-refractivity contribution in [2.75, 3.05) is 6.54 Å². The van der Waals surface area contributed by atoms with Crippen LogP contribution in [-0.4, -0.2) is 27.9 Å². The fourth-order valence-electron chi connectivity index (χ4n) is 2.14. The van der Waals surface area contributed by atoms with Crippen molar-refractivity contribution in [3.8, 4) is 11.5 Å². The van der Waals surface area contributed by atoms with Crippen molar-refractivity contribution in [2.45, 2.75) is 57.4 Å². The van der Waals surface area contributed by atoms with Gasteiger partial charge in [0.05, 0.1) is 5.25 Å². The maximum Gasteiger partial charge on any atom is 0.277 e. The summed E-state index contributed by atoms with van der Waals surface area (Å²) in [7, 11) is 0. The molecule has 1 aromatic carbocycles. The number of amides is 1. The van der Waals surface area contributed by atoms with Gasteiger partial charge in [-0.1, -0.05) is 58.5 Å². The maximum absolute atomic E-state index is 12.0. The van der Waals surface area contributed by atoms with Gasteiger partial charge in [0, 0.05) is 12.1 Å². The molecule has 1 amide bonds. The lowest BCUT2D eigenvalue weighted by Gasteiger charge is -2.18. The van der Waals surface area contributed by atoms with Crippen LogP contribution in [0.3, 0.4) is 0 Å². The number of hydrogen-bond donors (Lipinski definition) is 1. The van der Waals surface area contributed by atoms with E-state index < -0.39 is 0 Å². The predicted octanol–water partition coefficient (Wildman–Crippen LogP) is 4.29. The van der Waals surface area contributed by atoms with E-state index in [-0.39, 0.29) is 16.6 Å². The monoisotopic (exact) mass is 361 g/mol. The Hall–Kier alpha value is -1.82. The molecule has 2 rings (SSSR count). The summed E-state index contributed by atoms with van der Waals surface area (Å²) in [6.45, 7) is 13.2. The minimum absolute atomic E-state index is 0.0204. The Morgan fingerprint density at radius 2 is 1.80 bits per heavy atom. The highest BCUT2D eigenvalue weighted by Crippen LogP contribution is 2.28. The summed E-state index contributed by atoms with van der Waals surface area (Å²) in [5, 5.41) is 11.2. The van der Waals surface area contributed by atoms with Gasteiger partial charge in [-0.3, -0.25) is 4.79 Å². The average molecular weight is 362 g/mol. The molecule has 0 aliphatic rings. The summed E-state index contributed by atoms with van der Waals surface area (Å²) in [6.07, 6.45) is 0. The molecule has 6 heteroatoms. The largest absolute Gasteiger partial charge is 0.411 e. The number of rotatable bonds is 6. The molecule has 0 fully saturated rings. The van der Waals surface area contributed by atoms with E-state index in [1.54, 1.807) is 0 Å². The van der Waals surface area contributed by atoms with Gasteiger partial charge in [-0.2, -0.15) is 0 Å². The minimum atomic E-state index is -0.282. The number of nitrogens with zero attached hydrogens (tertiary/aromatic N) is 2. The second-order valence-electron chi connectivity index (χ2n) is 7.60. The van der Waals surface area contributed by atoms with Gasteiger partial charge in [0.15, 0.2) is 0 Å². The fraction of sp³-hybridized carbons (Fsp3) is 0.526. The number of aromatic nitrogens is 2. The first kappa shape index (κ1) is 19.5. The summed E-state index contributed by atoms with van der Waals surface area (Å²) >= 11 is 1.27. The molecule has 25 heavy (non-hydrogen) atoms. The number of carbonyl (C=O) groups is 1. The average Bonchev–Trinajstić information content (AvgIpc) is 3.00. The van der Waals surface area contributed by atoms with Crippen molar-refractivity contribution in [1.29, 1.82) is 0 Å². The van der Waals surface area contributed by atoms with Crippen molar-refractivity contribution >= 4 is 17.7 Å². The van der Waals surface area contributed by atoms with Crippen LogP contribution in [0, 0.1) is 5.92 Å². The van der Waals surface area contributed by atoms with Crippen molar-refractivity contribution in [3.63, 3.8) is 0 Å². The first-order chi connectivity index (χ1) is 11.7. The number of benzene rings is 1. The van der Waals surface area contributed by atoms with Crippen LogP contribution in [0.2, 0.25) is 0 Å². The van der Waals surface area contributed by atoms with Crippen LogP contribution in [0.1, 0.15) is 47.1 Å². The Kier molecular flexibility index (Phi) is 6.27. The van der Waals surface area contributed by atoms with Gasteiger partial charge >= 0.3 is 0 Å². The Balaban J connectivity index is 2.01. The lowest BCUT2D eigenvalue weighted by atomic mass is 9.87. The molecule has 5 nitrogen and oxygen atoms in total. The van der Waals surface area contributed by atoms with Crippen molar-refractivity contribution in [2.24, 2.45) is 5.92 Å². The summed E-state index contributed by atoms with van der Waals surface area (Å²) in [5.41, 5.74) is 2.23. The number of thioether (sulfide) groups is 1. The molecule has 1 heterocycles. The van der Waals surface area contributed by atoms with Gasteiger partial charge in [-0.15, -0.1) is 10.2 Å². The van der Waals surface area contributed by atoms with E-state index in [0.717, 1.165) is 5.56 Å². The van der Waals surface area contributed by atoms with E-state index in [0.29, 0.717) is 23.6 Å². The van der Waals surface area contributed by atoms with Gasteiger partial charge < -0.3 is 9.73 Å². The van der Waals surface area contributed by atoms with Crippen LogP contribution in [-0.2, 0) is 10.2 Å². The van der Waals surface area contributed by atoms with E-state index in [2.05, 4.69) is 62.3 Å². The van der Waals surface area contributed by atoms with Gasteiger partial charge in [0.25, 0.3) is 5.22 Å². The first-order valence-corrected chi connectivity index (χ1v) is 9.43. The number of carbonyl (C=O) groups excluding carboxylic acids is 1. The number of nitrogens with one attached hydrogen (secondary N) is 1. The Morgan fingerprint density at radius 3 is 2.36 bits per heavy atom. The normalized spacial score (nSPS) is 13.1.